The SMILES string of the molecule is CCOC(=O)c1cc(C(=O)Nc2ccc(-n3cnnn3)cc2)cc([N+](=O)[O-])c1. The molecule has 0 radical (unpaired) electrons. The molecule has 0 saturated carbocycles. The minimum atomic E-state index is -0.744. The van der Waals surface area contributed by atoms with Crippen molar-refractivity contribution in [3.05, 3.63) is 70.0 Å². The van der Waals surface area contributed by atoms with E-state index >= 15 is 0 Å². The fourth-order valence-electron chi connectivity index (χ4n) is 2.36. The van der Waals surface area contributed by atoms with Crippen LogP contribution in [0, 0.1) is 10.1 Å². The van der Waals surface area contributed by atoms with Crippen molar-refractivity contribution < 1.29 is 19.2 Å². The minimum Gasteiger partial charge on any atom is -0.462 e. The Morgan fingerprint density at radius 3 is 2.50 bits per heavy atom. The zero-order valence-electron chi connectivity index (χ0n) is 14.6. The van der Waals surface area contributed by atoms with Crippen LogP contribution < -0.4 is 5.32 Å². The normalized spacial score (nSPS) is 10.3. The van der Waals surface area contributed by atoms with Gasteiger partial charge < -0.3 is 10.1 Å². The fraction of sp³-hybridized carbons (Fsp3) is 0.118. The highest BCUT2D eigenvalue weighted by molar-refractivity contribution is 6.06. The summed E-state index contributed by atoms with van der Waals surface area (Å²) in [6, 6.07) is 10.0. The highest BCUT2D eigenvalue weighted by Gasteiger charge is 2.19. The lowest BCUT2D eigenvalue weighted by atomic mass is 10.1. The predicted molar refractivity (Wildman–Crippen MR) is 96.2 cm³/mol. The molecular weight excluding hydrogens is 368 g/mol. The second-order valence-corrected chi connectivity index (χ2v) is 5.50. The van der Waals surface area contributed by atoms with E-state index in [1.807, 2.05) is 0 Å². The van der Waals surface area contributed by atoms with Crippen LogP contribution in [-0.4, -0.2) is 43.6 Å². The Hall–Kier alpha value is -4.15. The average molecular weight is 382 g/mol. The van der Waals surface area contributed by atoms with Crippen molar-refractivity contribution in [2.24, 2.45) is 0 Å². The predicted octanol–water partition coefficient (Wildman–Crippen LogP) is 2.00. The zero-order valence-corrected chi connectivity index (χ0v) is 14.6. The maximum atomic E-state index is 12.5. The highest BCUT2D eigenvalue weighted by Crippen LogP contribution is 2.20. The maximum Gasteiger partial charge on any atom is 0.338 e. The van der Waals surface area contributed by atoms with Crippen LogP contribution >= 0.6 is 0 Å². The van der Waals surface area contributed by atoms with E-state index in [0.717, 1.165) is 12.1 Å². The molecule has 0 aliphatic carbocycles. The Labute approximate surface area is 158 Å². The van der Waals surface area contributed by atoms with Crippen molar-refractivity contribution >= 4 is 23.3 Å². The first-order chi connectivity index (χ1) is 13.5. The van der Waals surface area contributed by atoms with Gasteiger partial charge in [0.05, 0.1) is 22.8 Å². The van der Waals surface area contributed by atoms with Gasteiger partial charge in [-0.05, 0) is 47.7 Å². The highest BCUT2D eigenvalue weighted by atomic mass is 16.6. The summed E-state index contributed by atoms with van der Waals surface area (Å²) in [6.07, 6.45) is 1.42. The number of benzene rings is 2. The lowest BCUT2D eigenvalue weighted by Crippen LogP contribution is -2.14. The maximum absolute atomic E-state index is 12.5. The molecule has 1 aromatic heterocycles. The third kappa shape index (κ3) is 4.15. The van der Waals surface area contributed by atoms with Crippen molar-refractivity contribution in [1.29, 1.82) is 0 Å². The van der Waals surface area contributed by atoms with Gasteiger partial charge in [-0.25, -0.2) is 9.48 Å². The number of hydrogen-bond donors (Lipinski definition) is 1. The summed E-state index contributed by atoms with van der Waals surface area (Å²) in [4.78, 5) is 34.9. The van der Waals surface area contributed by atoms with Crippen LogP contribution in [0.4, 0.5) is 11.4 Å². The van der Waals surface area contributed by atoms with E-state index in [2.05, 4.69) is 20.8 Å². The van der Waals surface area contributed by atoms with Gasteiger partial charge in [0.25, 0.3) is 11.6 Å². The monoisotopic (exact) mass is 382 g/mol. The largest absolute Gasteiger partial charge is 0.462 e. The number of carbonyl (C=O) groups excluding carboxylic acids is 2. The van der Waals surface area contributed by atoms with Crippen LogP contribution in [0.2, 0.25) is 0 Å². The standard InChI is InChI=1S/C17H14N6O5/c1-2-28-17(25)12-7-11(8-15(9-12)23(26)27)16(24)19-13-3-5-14(6-4-13)22-10-18-20-21-22/h3-10H,2H2,1H3,(H,19,24). The Morgan fingerprint density at radius 1 is 1.18 bits per heavy atom. The fourth-order valence-corrected chi connectivity index (χ4v) is 2.36. The number of nitro groups is 1. The number of nitro benzene ring substituents is 1. The number of ether oxygens (including phenoxy) is 1. The number of nitrogens with zero attached hydrogens (tertiary/aromatic N) is 5. The van der Waals surface area contributed by atoms with E-state index in [-0.39, 0.29) is 23.4 Å². The second-order valence-electron chi connectivity index (χ2n) is 5.50. The summed E-state index contributed by atoms with van der Waals surface area (Å²) in [5.74, 6) is -1.35. The topological polar surface area (TPSA) is 142 Å². The number of aromatic nitrogens is 4. The first kappa shape index (κ1) is 18.6. The number of tetrazole rings is 1. The molecule has 142 valence electrons. The minimum absolute atomic E-state index is 0.0400. The number of nitrogens with one attached hydrogen (secondary N) is 1. The summed E-state index contributed by atoms with van der Waals surface area (Å²) >= 11 is 0. The molecule has 0 bridgehead atoms. The quantitative estimate of drug-likeness (QED) is 0.387. The summed E-state index contributed by atoms with van der Waals surface area (Å²) < 4.78 is 6.29. The smallest absolute Gasteiger partial charge is 0.338 e. The Morgan fingerprint density at radius 2 is 1.89 bits per heavy atom. The van der Waals surface area contributed by atoms with Gasteiger partial charge in [-0.2, -0.15) is 0 Å². The third-order valence-corrected chi connectivity index (χ3v) is 3.64. The van der Waals surface area contributed by atoms with Gasteiger partial charge >= 0.3 is 5.97 Å². The molecule has 0 unspecified atom stereocenters. The van der Waals surface area contributed by atoms with Crippen LogP contribution in [0.5, 0.6) is 0 Å². The van der Waals surface area contributed by atoms with Gasteiger partial charge in [-0.1, -0.05) is 0 Å². The lowest BCUT2D eigenvalue weighted by molar-refractivity contribution is -0.384. The van der Waals surface area contributed by atoms with E-state index < -0.39 is 16.8 Å². The molecule has 1 N–H and O–H groups in total. The molecule has 11 heteroatoms. The zero-order chi connectivity index (χ0) is 20.1. The molecule has 0 atom stereocenters. The van der Waals surface area contributed by atoms with Crippen molar-refractivity contribution in [2.45, 2.75) is 6.92 Å². The van der Waals surface area contributed by atoms with E-state index in [1.165, 1.54) is 17.1 Å². The van der Waals surface area contributed by atoms with Crippen LogP contribution in [0.25, 0.3) is 5.69 Å². The molecule has 1 heterocycles. The first-order valence-electron chi connectivity index (χ1n) is 8.09. The van der Waals surface area contributed by atoms with Crippen molar-refractivity contribution in [1.82, 2.24) is 20.2 Å². The van der Waals surface area contributed by atoms with Crippen LogP contribution in [0.15, 0.2) is 48.8 Å². The van der Waals surface area contributed by atoms with Crippen LogP contribution in [0.1, 0.15) is 27.6 Å². The van der Waals surface area contributed by atoms with Gasteiger partial charge in [0.15, 0.2) is 0 Å². The molecule has 28 heavy (non-hydrogen) atoms. The van der Waals surface area contributed by atoms with Crippen LogP contribution in [-0.2, 0) is 4.74 Å². The molecular formula is C17H14N6O5. The number of esters is 1. The summed E-state index contributed by atoms with van der Waals surface area (Å²) in [5, 5.41) is 24.6. The van der Waals surface area contributed by atoms with E-state index in [4.69, 9.17) is 4.74 Å². The van der Waals surface area contributed by atoms with Crippen LogP contribution in [0.3, 0.4) is 0 Å². The number of hydrogen-bond acceptors (Lipinski definition) is 8. The molecule has 3 rings (SSSR count). The van der Waals surface area contributed by atoms with E-state index in [1.54, 1.807) is 31.2 Å². The van der Waals surface area contributed by atoms with Gasteiger partial charge in [0.1, 0.15) is 6.33 Å². The number of non-ortho nitro benzene ring substituents is 1. The molecule has 3 aromatic rings. The summed E-state index contributed by atoms with van der Waals surface area (Å²) in [7, 11) is 0. The van der Waals surface area contributed by atoms with Crippen molar-refractivity contribution in [2.75, 3.05) is 11.9 Å². The Balaban J connectivity index is 1.83. The van der Waals surface area contributed by atoms with Crippen molar-refractivity contribution in [3.8, 4) is 5.69 Å². The molecule has 0 aliphatic heterocycles. The Bertz CT molecular complexity index is 1020. The van der Waals surface area contributed by atoms with E-state index in [0.29, 0.717) is 11.4 Å². The van der Waals surface area contributed by atoms with Gasteiger partial charge in [0.2, 0.25) is 0 Å². The van der Waals surface area contributed by atoms with Gasteiger partial charge in [-0.15, -0.1) is 5.10 Å². The molecule has 2 aromatic carbocycles. The molecule has 0 spiro atoms. The number of anilines is 1. The second kappa shape index (κ2) is 8.03. The number of carbonyl (C=O) groups is 2. The lowest BCUT2D eigenvalue weighted by Gasteiger charge is -2.08. The van der Waals surface area contributed by atoms with E-state index in [9.17, 15) is 19.7 Å². The molecule has 0 aliphatic rings. The molecule has 11 nitrogen and oxygen atoms in total. The summed E-state index contributed by atoms with van der Waals surface area (Å²) in [5.41, 5.74) is 0.635. The third-order valence-electron chi connectivity index (χ3n) is 3.64. The molecule has 1 amide bonds. The number of amides is 1. The van der Waals surface area contributed by atoms with Gasteiger partial charge in [-0.3, -0.25) is 14.9 Å². The first-order valence-corrected chi connectivity index (χ1v) is 8.09. The number of rotatable bonds is 6. The van der Waals surface area contributed by atoms with Crippen molar-refractivity contribution in [3.63, 3.8) is 0 Å². The Kier molecular flexibility index (Phi) is 5.35. The van der Waals surface area contributed by atoms with Gasteiger partial charge in [0, 0.05) is 23.4 Å². The molecule has 0 fully saturated rings. The average Bonchev–Trinajstić information content (AvgIpc) is 3.23. The molecule has 0 saturated heterocycles. The summed E-state index contributed by atoms with van der Waals surface area (Å²) in [6.45, 7) is 1.72.